The molecule has 13 heteroatoms. The van der Waals surface area contributed by atoms with Crippen molar-refractivity contribution in [1.29, 1.82) is 0 Å². The van der Waals surface area contributed by atoms with E-state index in [1.165, 1.54) is 0 Å². The highest BCUT2D eigenvalue weighted by Gasteiger charge is 2.43. The summed E-state index contributed by atoms with van der Waals surface area (Å²) in [6.45, 7) is 0.171. The van der Waals surface area contributed by atoms with Crippen molar-refractivity contribution in [2.24, 2.45) is 0 Å². The van der Waals surface area contributed by atoms with Crippen molar-refractivity contribution in [2.75, 3.05) is 6.54 Å². The van der Waals surface area contributed by atoms with Crippen molar-refractivity contribution in [3.63, 3.8) is 0 Å². The van der Waals surface area contributed by atoms with Crippen LogP contribution in [0.2, 0.25) is 0 Å². The summed E-state index contributed by atoms with van der Waals surface area (Å²) in [6, 6.07) is 8.02. The van der Waals surface area contributed by atoms with E-state index in [-0.39, 0.29) is 36.0 Å². The Morgan fingerprint density at radius 1 is 0.927 bits per heavy atom. The van der Waals surface area contributed by atoms with Crippen molar-refractivity contribution in [1.82, 2.24) is 4.90 Å². The second-order valence-electron chi connectivity index (χ2n) is 9.96. The van der Waals surface area contributed by atoms with Crippen molar-refractivity contribution in [2.45, 2.75) is 50.9 Å². The molecule has 0 fully saturated rings. The van der Waals surface area contributed by atoms with Crippen LogP contribution < -0.4 is 4.74 Å². The van der Waals surface area contributed by atoms with E-state index in [0.29, 0.717) is 59.7 Å². The number of carboxylic acid groups (broad SMARTS) is 1. The molecule has 3 aliphatic rings. The molecular weight excluding hydrogens is 602 g/mol. The van der Waals surface area contributed by atoms with E-state index in [2.05, 4.69) is 15.9 Å². The number of non-ortho nitro benzene ring substituents is 1. The summed E-state index contributed by atoms with van der Waals surface area (Å²) >= 11 is 3.45. The number of carboxylic acids is 1. The van der Waals surface area contributed by atoms with E-state index >= 15 is 0 Å². The average molecular weight is 626 g/mol. The van der Waals surface area contributed by atoms with Crippen molar-refractivity contribution in [3.05, 3.63) is 89.2 Å². The zero-order chi connectivity index (χ0) is 29.4. The van der Waals surface area contributed by atoms with Crippen LogP contribution in [0.5, 0.6) is 11.5 Å². The lowest BCUT2D eigenvalue weighted by Crippen LogP contribution is -2.39. The highest BCUT2D eigenvalue weighted by atomic mass is 79.9. The largest absolute Gasteiger partial charge is 0.481 e. The van der Waals surface area contributed by atoms with Crippen LogP contribution in [0, 0.1) is 20.2 Å². The van der Waals surface area contributed by atoms with Crippen molar-refractivity contribution in [3.8, 4) is 11.5 Å². The molecule has 0 saturated carbocycles. The number of Topliss-reactive ketones (excluding diaryl/α,β-unsaturated/α-hetero) is 2. The molecule has 1 N–H and O–H groups in total. The fourth-order valence-electron chi connectivity index (χ4n) is 5.77. The van der Waals surface area contributed by atoms with Crippen LogP contribution in [-0.2, 0) is 14.4 Å². The molecule has 0 saturated heterocycles. The van der Waals surface area contributed by atoms with E-state index in [4.69, 9.17) is 4.74 Å². The Morgan fingerprint density at radius 2 is 1.54 bits per heavy atom. The summed E-state index contributed by atoms with van der Waals surface area (Å²) in [5.74, 6) is -1.77. The number of nitrogens with zero attached hydrogens (tertiary/aromatic N) is 3. The van der Waals surface area contributed by atoms with Gasteiger partial charge in [0.15, 0.2) is 11.6 Å². The van der Waals surface area contributed by atoms with Gasteiger partial charge in [-0.3, -0.25) is 34.6 Å². The topological polar surface area (TPSA) is 170 Å². The highest BCUT2D eigenvalue weighted by molar-refractivity contribution is 9.10. The van der Waals surface area contributed by atoms with Gasteiger partial charge < -0.3 is 14.7 Å². The summed E-state index contributed by atoms with van der Waals surface area (Å²) < 4.78 is 6.17. The average Bonchev–Trinajstić information content (AvgIpc) is 2.92. The number of hydrogen-bond donors (Lipinski definition) is 1. The van der Waals surface area contributed by atoms with Gasteiger partial charge in [0.2, 0.25) is 5.75 Å². The number of carbonyl (C=O) groups excluding carboxylic acids is 2. The molecule has 212 valence electrons. The van der Waals surface area contributed by atoms with E-state index in [0.717, 1.165) is 29.6 Å². The van der Waals surface area contributed by atoms with Gasteiger partial charge >= 0.3 is 11.7 Å². The SMILES string of the molecule is O=C(O)CCN1C2=C(C(=O)CCC2)C(c2ccc(Oc3ccc([N+](=O)[O-])cc3[N+](=O)[O-])c(Br)c2)C2=C1CCCC2=O. The maximum atomic E-state index is 13.4. The number of rotatable bonds is 8. The van der Waals surface area contributed by atoms with E-state index in [1.54, 1.807) is 18.2 Å². The number of ketones is 2. The molecule has 12 nitrogen and oxygen atoms in total. The van der Waals surface area contributed by atoms with Gasteiger partial charge in [0.1, 0.15) is 5.75 Å². The predicted molar refractivity (Wildman–Crippen MR) is 147 cm³/mol. The molecular formula is C28H24BrN3O9. The van der Waals surface area contributed by atoms with Crippen LogP contribution in [0.1, 0.15) is 56.4 Å². The molecule has 5 rings (SSSR count). The summed E-state index contributed by atoms with van der Waals surface area (Å²) in [5, 5.41) is 32.0. The van der Waals surface area contributed by atoms with Crippen LogP contribution in [0.15, 0.2) is 63.4 Å². The number of hydrogen-bond acceptors (Lipinski definition) is 9. The molecule has 0 spiro atoms. The van der Waals surface area contributed by atoms with Crippen LogP contribution in [0.4, 0.5) is 11.4 Å². The number of carbonyl (C=O) groups is 3. The molecule has 0 atom stereocenters. The number of aliphatic carboxylic acids is 1. The number of halogens is 1. The van der Waals surface area contributed by atoms with E-state index < -0.39 is 33.1 Å². The standard InChI is InChI=1S/C28H24BrN3O9/c29-17-13-15(7-9-23(17)41-24-10-8-16(31(37)38)14-20(24)32(39)40)26-27-18(3-1-5-21(27)33)30(12-11-25(35)36)19-4-2-6-22(34)28(19)26/h7-10,13-14,26H,1-6,11-12H2,(H,35,36). The molecule has 0 aromatic heterocycles. The van der Waals surface area contributed by atoms with Gasteiger partial charge in [-0.2, -0.15) is 0 Å². The van der Waals surface area contributed by atoms with Crippen molar-refractivity contribution < 1.29 is 34.1 Å². The Hall–Kier alpha value is -4.39. The maximum absolute atomic E-state index is 13.4. The molecule has 2 aromatic carbocycles. The molecule has 0 unspecified atom stereocenters. The molecule has 2 aromatic rings. The summed E-state index contributed by atoms with van der Waals surface area (Å²) in [6.07, 6.45) is 2.97. The lowest BCUT2D eigenvalue weighted by atomic mass is 9.71. The lowest BCUT2D eigenvalue weighted by molar-refractivity contribution is -0.394. The van der Waals surface area contributed by atoms with Gasteiger partial charge in [-0.05, 0) is 65.4 Å². The smallest absolute Gasteiger partial charge is 0.318 e. The minimum atomic E-state index is -0.964. The third-order valence-corrected chi connectivity index (χ3v) is 8.11. The zero-order valence-electron chi connectivity index (χ0n) is 21.6. The fraction of sp³-hybridized carbons (Fsp3) is 0.321. The highest BCUT2D eigenvalue weighted by Crippen LogP contribution is 2.50. The second-order valence-corrected chi connectivity index (χ2v) is 10.8. The second kappa shape index (κ2) is 11.2. The quantitative estimate of drug-likeness (QED) is 0.273. The van der Waals surface area contributed by atoms with Crippen LogP contribution in [0.3, 0.4) is 0 Å². The molecule has 1 heterocycles. The zero-order valence-corrected chi connectivity index (χ0v) is 23.2. The summed E-state index contributed by atoms with van der Waals surface area (Å²) in [5.41, 5.74) is 2.15. The predicted octanol–water partition coefficient (Wildman–Crippen LogP) is 5.95. The van der Waals surface area contributed by atoms with Crippen LogP contribution in [-0.4, -0.2) is 43.9 Å². The van der Waals surface area contributed by atoms with Crippen LogP contribution in [0.25, 0.3) is 0 Å². The molecule has 2 aliphatic carbocycles. The molecule has 1 aliphatic heterocycles. The minimum Gasteiger partial charge on any atom is -0.481 e. The maximum Gasteiger partial charge on any atom is 0.318 e. The summed E-state index contributed by atoms with van der Waals surface area (Å²) in [4.78, 5) is 61.1. The normalized spacial score (nSPS) is 17.3. The number of nitro benzene ring substituents is 2. The van der Waals surface area contributed by atoms with Crippen LogP contribution >= 0.6 is 15.9 Å². The Kier molecular flexibility index (Phi) is 7.72. The summed E-state index contributed by atoms with van der Waals surface area (Å²) in [7, 11) is 0. The third kappa shape index (κ3) is 5.36. The molecule has 0 radical (unpaired) electrons. The Balaban J connectivity index is 1.57. The fourth-order valence-corrected chi connectivity index (χ4v) is 6.25. The number of allylic oxidation sites excluding steroid dienone is 4. The van der Waals surface area contributed by atoms with Crippen molar-refractivity contribution >= 4 is 44.8 Å². The van der Waals surface area contributed by atoms with E-state index in [1.807, 2.05) is 4.90 Å². The Morgan fingerprint density at radius 3 is 2.07 bits per heavy atom. The van der Waals surface area contributed by atoms with Gasteiger partial charge in [-0.1, -0.05) is 6.07 Å². The van der Waals surface area contributed by atoms with E-state index in [9.17, 15) is 39.7 Å². The number of benzene rings is 2. The van der Waals surface area contributed by atoms with Gasteiger partial charge in [0.05, 0.1) is 26.8 Å². The Labute approximate surface area is 241 Å². The number of nitro groups is 2. The number of ether oxygens (including phenoxy) is 1. The molecule has 0 amide bonds. The minimum absolute atomic E-state index is 0.0838. The first kappa shape index (κ1) is 28.1. The first-order chi connectivity index (χ1) is 19.6. The molecule has 0 bridgehead atoms. The lowest BCUT2D eigenvalue weighted by Gasteiger charge is -2.44. The Bertz CT molecular complexity index is 1540. The molecule has 41 heavy (non-hydrogen) atoms. The van der Waals surface area contributed by atoms with Gasteiger partial charge in [0.25, 0.3) is 5.69 Å². The van der Waals surface area contributed by atoms with Gasteiger partial charge in [-0.15, -0.1) is 0 Å². The monoisotopic (exact) mass is 625 g/mol. The first-order valence-electron chi connectivity index (χ1n) is 13.0. The first-order valence-corrected chi connectivity index (χ1v) is 13.8. The van der Waals surface area contributed by atoms with Gasteiger partial charge in [-0.25, -0.2) is 0 Å². The van der Waals surface area contributed by atoms with Gasteiger partial charge in [0, 0.05) is 53.9 Å². The third-order valence-electron chi connectivity index (χ3n) is 7.49.